The smallest absolute Gasteiger partial charge is 0.267 e. The first-order chi connectivity index (χ1) is 9.13. The molecule has 1 aromatic heterocycles. The Bertz CT molecular complexity index is 459. The van der Waals surface area contributed by atoms with Crippen molar-refractivity contribution in [2.45, 2.75) is 37.8 Å². The zero-order chi connectivity index (χ0) is 13.4. The molecule has 19 heavy (non-hydrogen) atoms. The highest BCUT2D eigenvalue weighted by atomic mass is 79.9. The third-order valence-corrected chi connectivity index (χ3v) is 5.10. The highest BCUT2D eigenvalue weighted by molar-refractivity contribution is 9.10. The molecule has 0 aliphatic carbocycles. The van der Waals surface area contributed by atoms with Crippen molar-refractivity contribution >= 4 is 21.8 Å². The molecule has 3 rings (SSSR count). The molecular weight excluding hydrogens is 306 g/mol. The molecule has 0 aromatic carbocycles. The summed E-state index contributed by atoms with van der Waals surface area (Å²) in [4.78, 5) is 17.5. The van der Waals surface area contributed by atoms with E-state index in [1.807, 2.05) is 6.07 Å². The second-order valence-electron chi connectivity index (χ2n) is 5.83. The molecule has 2 unspecified atom stereocenters. The van der Waals surface area contributed by atoms with Crippen LogP contribution in [-0.2, 0) is 0 Å². The number of carbonyl (C=O) groups excluding carboxylic acids is 1. The average Bonchev–Trinajstić information content (AvgIpc) is 2.88. The lowest BCUT2D eigenvalue weighted by atomic mass is 9.91. The molecule has 2 bridgehead atoms. The number of nitrogens with one attached hydrogen (secondary N) is 2. The second kappa shape index (κ2) is 5.29. The minimum atomic E-state index is -0.00280. The fourth-order valence-corrected chi connectivity index (χ4v) is 3.87. The minimum Gasteiger partial charge on any atom is -0.356 e. The SMILES string of the molecule is CN1C2CCC1CC(CNC(=O)c1cc(Br)c[nH]1)C2. The lowest BCUT2D eigenvalue weighted by molar-refractivity contribution is 0.0913. The Morgan fingerprint density at radius 3 is 2.74 bits per heavy atom. The normalized spacial score (nSPS) is 30.5. The van der Waals surface area contributed by atoms with Crippen LogP contribution < -0.4 is 5.32 Å². The van der Waals surface area contributed by atoms with Crippen LogP contribution in [0, 0.1) is 5.92 Å². The van der Waals surface area contributed by atoms with Crippen LogP contribution in [0.4, 0.5) is 0 Å². The Balaban J connectivity index is 1.52. The van der Waals surface area contributed by atoms with Gasteiger partial charge in [-0.2, -0.15) is 0 Å². The van der Waals surface area contributed by atoms with Crippen LogP contribution in [0.1, 0.15) is 36.2 Å². The van der Waals surface area contributed by atoms with Crippen molar-refractivity contribution in [2.24, 2.45) is 5.92 Å². The Hall–Kier alpha value is -0.810. The number of hydrogen-bond donors (Lipinski definition) is 2. The van der Waals surface area contributed by atoms with Crippen molar-refractivity contribution in [3.05, 3.63) is 22.4 Å². The first-order valence-electron chi connectivity index (χ1n) is 6.97. The number of aromatic nitrogens is 1. The van der Waals surface area contributed by atoms with Gasteiger partial charge in [-0.05, 0) is 60.6 Å². The van der Waals surface area contributed by atoms with E-state index < -0.39 is 0 Å². The molecule has 1 amide bonds. The standard InChI is InChI=1S/C14H20BrN3O/c1-18-11-2-3-12(18)5-9(4-11)7-17-14(19)13-6-10(15)8-16-13/h6,8-9,11-12,16H,2-5,7H2,1H3,(H,17,19). The van der Waals surface area contributed by atoms with E-state index in [9.17, 15) is 4.79 Å². The van der Waals surface area contributed by atoms with Gasteiger partial charge in [0.15, 0.2) is 0 Å². The summed E-state index contributed by atoms with van der Waals surface area (Å²) in [7, 11) is 2.24. The van der Waals surface area contributed by atoms with Gasteiger partial charge in [0, 0.05) is 29.3 Å². The maximum atomic E-state index is 12.0. The Kier molecular flexibility index (Phi) is 3.67. The molecule has 2 atom stereocenters. The van der Waals surface area contributed by atoms with Crippen LogP contribution in [0.5, 0.6) is 0 Å². The van der Waals surface area contributed by atoms with Crippen LogP contribution in [0.25, 0.3) is 0 Å². The van der Waals surface area contributed by atoms with Gasteiger partial charge in [-0.1, -0.05) is 0 Å². The zero-order valence-corrected chi connectivity index (χ0v) is 12.7. The van der Waals surface area contributed by atoms with Gasteiger partial charge in [-0.25, -0.2) is 0 Å². The van der Waals surface area contributed by atoms with E-state index in [0.29, 0.717) is 11.6 Å². The monoisotopic (exact) mass is 325 g/mol. The number of aromatic amines is 1. The van der Waals surface area contributed by atoms with Gasteiger partial charge in [-0.3, -0.25) is 4.79 Å². The first-order valence-corrected chi connectivity index (χ1v) is 7.77. The summed E-state index contributed by atoms with van der Waals surface area (Å²) in [5.41, 5.74) is 0.628. The fourth-order valence-electron chi connectivity index (χ4n) is 3.52. The predicted molar refractivity (Wildman–Crippen MR) is 78.1 cm³/mol. The van der Waals surface area contributed by atoms with Gasteiger partial charge in [0.1, 0.15) is 5.69 Å². The number of nitrogens with zero attached hydrogens (tertiary/aromatic N) is 1. The summed E-state index contributed by atoms with van der Waals surface area (Å²) in [6.45, 7) is 0.802. The fraction of sp³-hybridized carbons (Fsp3) is 0.643. The number of halogens is 1. The second-order valence-corrected chi connectivity index (χ2v) is 6.75. The predicted octanol–water partition coefficient (Wildman–Crippen LogP) is 2.38. The lowest BCUT2D eigenvalue weighted by Crippen LogP contribution is -2.43. The molecule has 0 radical (unpaired) electrons. The molecule has 0 spiro atoms. The molecule has 1 aromatic rings. The van der Waals surface area contributed by atoms with E-state index in [1.54, 1.807) is 6.20 Å². The summed E-state index contributed by atoms with van der Waals surface area (Å²) < 4.78 is 0.912. The molecule has 4 nitrogen and oxygen atoms in total. The molecule has 0 saturated carbocycles. The molecule has 2 aliphatic rings. The van der Waals surface area contributed by atoms with Crippen LogP contribution in [-0.4, -0.2) is 41.5 Å². The highest BCUT2D eigenvalue weighted by Gasteiger charge is 2.38. The summed E-state index contributed by atoms with van der Waals surface area (Å²) in [5.74, 6) is 0.632. The van der Waals surface area contributed by atoms with Crippen molar-refractivity contribution in [3.63, 3.8) is 0 Å². The minimum absolute atomic E-state index is 0.00280. The number of rotatable bonds is 3. The van der Waals surface area contributed by atoms with E-state index in [1.165, 1.54) is 25.7 Å². The third-order valence-electron chi connectivity index (χ3n) is 4.64. The first kappa shape index (κ1) is 13.2. The zero-order valence-electron chi connectivity index (χ0n) is 11.2. The topological polar surface area (TPSA) is 48.1 Å². The van der Waals surface area contributed by atoms with E-state index in [4.69, 9.17) is 0 Å². The summed E-state index contributed by atoms with van der Waals surface area (Å²) in [6.07, 6.45) is 6.89. The Labute approximate surface area is 122 Å². The van der Waals surface area contributed by atoms with Gasteiger partial charge in [0.2, 0.25) is 0 Å². The van der Waals surface area contributed by atoms with E-state index in [2.05, 4.69) is 38.2 Å². The average molecular weight is 326 g/mol. The number of carbonyl (C=O) groups is 1. The van der Waals surface area contributed by atoms with Gasteiger partial charge in [0.05, 0.1) is 0 Å². The molecule has 2 fully saturated rings. The molecule has 2 N–H and O–H groups in total. The molecule has 2 aliphatic heterocycles. The van der Waals surface area contributed by atoms with Crippen molar-refractivity contribution in [3.8, 4) is 0 Å². The summed E-state index contributed by atoms with van der Waals surface area (Å²) in [6, 6.07) is 3.29. The van der Waals surface area contributed by atoms with E-state index in [0.717, 1.165) is 23.1 Å². The third kappa shape index (κ3) is 2.72. The number of fused-ring (bicyclic) bond motifs is 2. The van der Waals surface area contributed by atoms with Gasteiger partial charge < -0.3 is 15.2 Å². The van der Waals surface area contributed by atoms with Gasteiger partial charge in [0.25, 0.3) is 5.91 Å². The molecule has 2 saturated heterocycles. The number of H-pyrrole nitrogens is 1. The number of hydrogen-bond acceptors (Lipinski definition) is 2. The molecule has 5 heteroatoms. The maximum absolute atomic E-state index is 12.0. The van der Waals surface area contributed by atoms with Gasteiger partial charge in [-0.15, -0.1) is 0 Å². The van der Waals surface area contributed by atoms with Crippen molar-refractivity contribution in [2.75, 3.05) is 13.6 Å². The molecule has 104 valence electrons. The van der Waals surface area contributed by atoms with Crippen LogP contribution in [0.15, 0.2) is 16.7 Å². The highest BCUT2D eigenvalue weighted by Crippen LogP contribution is 2.36. The van der Waals surface area contributed by atoms with Crippen LogP contribution in [0.3, 0.4) is 0 Å². The quantitative estimate of drug-likeness (QED) is 0.896. The van der Waals surface area contributed by atoms with Gasteiger partial charge >= 0.3 is 0 Å². The molecule has 3 heterocycles. The Morgan fingerprint density at radius 1 is 1.47 bits per heavy atom. The summed E-state index contributed by atoms with van der Waals surface area (Å²) >= 11 is 3.34. The van der Waals surface area contributed by atoms with E-state index in [-0.39, 0.29) is 5.91 Å². The number of amides is 1. The van der Waals surface area contributed by atoms with E-state index >= 15 is 0 Å². The summed E-state index contributed by atoms with van der Waals surface area (Å²) in [5, 5.41) is 3.06. The maximum Gasteiger partial charge on any atom is 0.267 e. The molecular formula is C14H20BrN3O. The van der Waals surface area contributed by atoms with Crippen LogP contribution in [0.2, 0.25) is 0 Å². The largest absolute Gasteiger partial charge is 0.356 e. The van der Waals surface area contributed by atoms with Crippen molar-refractivity contribution in [1.82, 2.24) is 15.2 Å². The Morgan fingerprint density at radius 2 is 2.16 bits per heavy atom. The van der Waals surface area contributed by atoms with Crippen LogP contribution >= 0.6 is 15.9 Å². The number of piperidine rings is 1. The van der Waals surface area contributed by atoms with Crippen molar-refractivity contribution in [1.29, 1.82) is 0 Å². The van der Waals surface area contributed by atoms with Crippen molar-refractivity contribution < 1.29 is 4.79 Å². The lowest BCUT2D eigenvalue weighted by Gasteiger charge is -2.36.